The van der Waals surface area contributed by atoms with Gasteiger partial charge in [-0.1, -0.05) is 25.4 Å². The molecule has 74 valence electrons. The van der Waals surface area contributed by atoms with Crippen LogP contribution in [-0.4, -0.2) is 21.0 Å². The van der Waals surface area contributed by atoms with E-state index in [9.17, 15) is 5.11 Å². The molecular formula is C9H15ClN2O. The predicted molar refractivity (Wildman–Crippen MR) is 52.7 cm³/mol. The smallest absolute Gasteiger partial charge is 0.0785 e. The van der Waals surface area contributed by atoms with E-state index in [0.29, 0.717) is 17.5 Å². The van der Waals surface area contributed by atoms with E-state index < -0.39 is 0 Å². The summed E-state index contributed by atoms with van der Waals surface area (Å²) in [6.45, 7) is 4.72. The van der Waals surface area contributed by atoms with E-state index in [1.54, 1.807) is 17.1 Å². The van der Waals surface area contributed by atoms with Crippen LogP contribution in [0.25, 0.3) is 0 Å². The number of nitrogens with zero attached hydrogens (tertiary/aromatic N) is 2. The van der Waals surface area contributed by atoms with Crippen LogP contribution in [0.2, 0.25) is 5.02 Å². The van der Waals surface area contributed by atoms with Gasteiger partial charge in [0.25, 0.3) is 0 Å². The van der Waals surface area contributed by atoms with E-state index in [1.807, 2.05) is 13.8 Å². The van der Waals surface area contributed by atoms with Gasteiger partial charge in [0, 0.05) is 12.7 Å². The van der Waals surface area contributed by atoms with Crippen molar-refractivity contribution in [2.45, 2.75) is 32.9 Å². The van der Waals surface area contributed by atoms with Crippen molar-refractivity contribution in [1.82, 2.24) is 9.78 Å². The average molecular weight is 203 g/mol. The quantitative estimate of drug-likeness (QED) is 0.811. The fraction of sp³-hybridized carbons (Fsp3) is 0.667. The lowest BCUT2D eigenvalue weighted by molar-refractivity contribution is 0.110. The van der Waals surface area contributed by atoms with Gasteiger partial charge in [-0.25, -0.2) is 0 Å². The number of rotatable bonds is 4. The van der Waals surface area contributed by atoms with Gasteiger partial charge >= 0.3 is 0 Å². The highest BCUT2D eigenvalue weighted by atomic mass is 35.5. The second kappa shape index (κ2) is 4.63. The highest BCUT2D eigenvalue weighted by Crippen LogP contribution is 2.09. The first-order valence-electron chi connectivity index (χ1n) is 4.45. The van der Waals surface area contributed by atoms with Crippen molar-refractivity contribution < 1.29 is 5.11 Å². The summed E-state index contributed by atoms with van der Waals surface area (Å²) < 4.78 is 1.74. The van der Waals surface area contributed by atoms with Crippen molar-refractivity contribution in [3.63, 3.8) is 0 Å². The minimum absolute atomic E-state index is 0.261. The van der Waals surface area contributed by atoms with E-state index >= 15 is 0 Å². The van der Waals surface area contributed by atoms with E-state index in [0.717, 1.165) is 6.42 Å². The maximum atomic E-state index is 9.52. The average Bonchev–Trinajstić information content (AvgIpc) is 2.47. The van der Waals surface area contributed by atoms with Gasteiger partial charge in [-0.3, -0.25) is 4.68 Å². The summed E-state index contributed by atoms with van der Waals surface area (Å²) in [5.41, 5.74) is 0. The fourth-order valence-electron chi connectivity index (χ4n) is 1.06. The summed E-state index contributed by atoms with van der Waals surface area (Å²) in [6, 6.07) is 0. The van der Waals surface area contributed by atoms with Gasteiger partial charge in [-0.05, 0) is 12.3 Å². The Morgan fingerprint density at radius 1 is 1.62 bits per heavy atom. The number of hydrogen-bond acceptors (Lipinski definition) is 2. The Balaban J connectivity index is 2.35. The van der Waals surface area contributed by atoms with Crippen molar-refractivity contribution >= 4 is 11.6 Å². The molecule has 0 aromatic carbocycles. The molecule has 13 heavy (non-hydrogen) atoms. The van der Waals surface area contributed by atoms with Crippen LogP contribution >= 0.6 is 11.6 Å². The van der Waals surface area contributed by atoms with E-state index in [1.165, 1.54) is 0 Å². The Hall–Kier alpha value is -0.540. The van der Waals surface area contributed by atoms with Crippen LogP contribution in [0, 0.1) is 5.92 Å². The van der Waals surface area contributed by atoms with Crippen molar-refractivity contribution in [3.05, 3.63) is 17.4 Å². The number of halogens is 1. The van der Waals surface area contributed by atoms with Gasteiger partial charge in [0.05, 0.1) is 17.3 Å². The van der Waals surface area contributed by atoms with Gasteiger partial charge < -0.3 is 5.11 Å². The number of aryl methyl sites for hydroxylation is 1. The third-order valence-electron chi connectivity index (χ3n) is 2.03. The third kappa shape index (κ3) is 3.36. The maximum absolute atomic E-state index is 9.52. The molecule has 0 saturated heterocycles. The van der Waals surface area contributed by atoms with Gasteiger partial charge in [0.1, 0.15) is 0 Å². The van der Waals surface area contributed by atoms with Crippen LogP contribution in [0.1, 0.15) is 20.3 Å². The van der Waals surface area contributed by atoms with Crippen LogP contribution in [0.4, 0.5) is 0 Å². The lowest BCUT2D eigenvalue weighted by atomic mass is 10.0. The second-order valence-electron chi connectivity index (χ2n) is 3.52. The molecule has 0 bridgehead atoms. The summed E-state index contributed by atoms with van der Waals surface area (Å²) in [4.78, 5) is 0. The molecule has 0 amide bonds. The zero-order chi connectivity index (χ0) is 9.84. The number of hydrogen-bond donors (Lipinski definition) is 1. The Morgan fingerprint density at radius 3 is 2.77 bits per heavy atom. The molecular weight excluding hydrogens is 188 g/mol. The zero-order valence-corrected chi connectivity index (χ0v) is 8.70. The summed E-state index contributed by atoms with van der Waals surface area (Å²) in [5.74, 6) is 0.297. The van der Waals surface area contributed by atoms with E-state index in [2.05, 4.69) is 5.10 Å². The highest BCUT2D eigenvalue weighted by Gasteiger charge is 2.08. The van der Waals surface area contributed by atoms with Crippen molar-refractivity contribution in [2.24, 2.45) is 5.92 Å². The molecule has 1 atom stereocenters. The summed E-state index contributed by atoms with van der Waals surface area (Å²) in [5, 5.41) is 14.2. The Morgan fingerprint density at radius 2 is 2.31 bits per heavy atom. The Labute approximate surface area is 83.3 Å². The molecule has 0 aliphatic heterocycles. The van der Waals surface area contributed by atoms with Gasteiger partial charge in [0.15, 0.2) is 0 Å². The SMILES string of the molecule is CC(C)C(O)CCn1cc(Cl)cn1. The standard InChI is InChI=1S/C9H15ClN2O/c1-7(2)9(13)3-4-12-6-8(10)5-11-12/h5-7,9,13H,3-4H2,1-2H3. The normalized spacial score (nSPS) is 13.6. The van der Waals surface area contributed by atoms with E-state index in [4.69, 9.17) is 11.6 Å². The molecule has 0 aliphatic carbocycles. The highest BCUT2D eigenvalue weighted by molar-refractivity contribution is 6.30. The van der Waals surface area contributed by atoms with Crippen molar-refractivity contribution in [2.75, 3.05) is 0 Å². The summed E-state index contributed by atoms with van der Waals surface area (Å²) in [6.07, 6.45) is 3.82. The van der Waals surface area contributed by atoms with Crippen molar-refractivity contribution in [1.29, 1.82) is 0 Å². The first-order chi connectivity index (χ1) is 6.09. The summed E-state index contributed by atoms with van der Waals surface area (Å²) in [7, 11) is 0. The van der Waals surface area contributed by atoms with Crippen LogP contribution in [-0.2, 0) is 6.54 Å². The molecule has 0 radical (unpaired) electrons. The number of aliphatic hydroxyl groups excluding tert-OH is 1. The monoisotopic (exact) mass is 202 g/mol. The van der Waals surface area contributed by atoms with Crippen LogP contribution in [0.15, 0.2) is 12.4 Å². The molecule has 0 fully saturated rings. The molecule has 1 unspecified atom stereocenters. The molecule has 1 aromatic rings. The number of aromatic nitrogens is 2. The molecule has 1 heterocycles. The van der Waals surface area contributed by atoms with E-state index in [-0.39, 0.29) is 6.10 Å². The molecule has 1 aromatic heterocycles. The minimum Gasteiger partial charge on any atom is -0.393 e. The topological polar surface area (TPSA) is 38.0 Å². The van der Waals surface area contributed by atoms with Crippen LogP contribution in [0.3, 0.4) is 0 Å². The Kier molecular flexibility index (Phi) is 3.75. The molecule has 0 aliphatic rings. The maximum Gasteiger partial charge on any atom is 0.0785 e. The lowest BCUT2D eigenvalue weighted by Gasteiger charge is -2.13. The molecule has 0 saturated carbocycles. The van der Waals surface area contributed by atoms with Crippen LogP contribution < -0.4 is 0 Å². The van der Waals surface area contributed by atoms with Crippen LogP contribution in [0.5, 0.6) is 0 Å². The molecule has 1 rings (SSSR count). The van der Waals surface area contributed by atoms with Crippen molar-refractivity contribution in [3.8, 4) is 0 Å². The Bertz CT molecular complexity index is 260. The van der Waals surface area contributed by atoms with Gasteiger partial charge in [-0.15, -0.1) is 0 Å². The first-order valence-corrected chi connectivity index (χ1v) is 4.83. The third-order valence-corrected chi connectivity index (χ3v) is 2.22. The second-order valence-corrected chi connectivity index (χ2v) is 3.96. The fourth-order valence-corrected chi connectivity index (χ4v) is 1.21. The zero-order valence-electron chi connectivity index (χ0n) is 7.94. The first kappa shape index (κ1) is 10.5. The molecule has 0 spiro atoms. The largest absolute Gasteiger partial charge is 0.393 e. The van der Waals surface area contributed by atoms with Gasteiger partial charge in [0.2, 0.25) is 0 Å². The molecule has 3 nitrogen and oxygen atoms in total. The lowest BCUT2D eigenvalue weighted by Crippen LogP contribution is -2.17. The molecule has 1 N–H and O–H groups in total. The predicted octanol–water partition coefficient (Wildman–Crippen LogP) is 1.94. The molecule has 4 heteroatoms. The summed E-state index contributed by atoms with van der Waals surface area (Å²) >= 11 is 5.69. The number of aliphatic hydroxyl groups is 1. The van der Waals surface area contributed by atoms with Gasteiger partial charge in [-0.2, -0.15) is 5.10 Å². The minimum atomic E-state index is -0.261.